The molecule has 0 bridgehead atoms. The molecule has 3 amide bonds. The summed E-state index contributed by atoms with van der Waals surface area (Å²) in [6.45, 7) is 4.44. The van der Waals surface area contributed by atoms with E-state index in [2.05, 4.69) is 20.9 Å². The average Bonchev–Trinajstić information content (AvgIpc) is 3.28. The summed E-state index contributed by atoms with van der Waals surface area (Å²) in [6.07, 6.45) is 2.24. The first-order chi connectivity index (χ1) is 18.0. The quantitative estimate of drug-likeness (QED) is 0.267. The Morgan fingerprint density at radius 3 is 2.59 bits per heavy atom. The number of hydrogen-bond donors (Lipinski definition) is 3. The van der Waals surface area contributed by atoms with Gasteiger partial charge in [-0.1, -0.05) is 29.8 Å². The number of nitrogens with zero attached hydrogens (tertiary/aromatic N) is 2. The van der Waals surface area contributed by atoms with Crippen LogP contribution in [0.4, 0.5) is 16.3 Å². The van der Waals surface area contributed by atoms with Gasteiger partial charge in [0.1, 0.15) is 12.4 Å². The zero-order valence-electron chi connectivity index (χ0n) is 21.0. The van der Waals surface area contributed by atoms with Crippen molar-refractivity contribution in [1.29, 1.82) is 0 Å². The number of aromatic nitrogens is 2. The second-order valence-electron chi connectivity index (χ2n) is 8.06. The molecule has 0 aliphatic heterocycles. The maximum absolute atomic E-state index is 12.9. The molecule has 0 saturated carbocycles. The molecule has 0 aliphatic rings. The fourth-order valence-corrected chi connectivity index (χ4v) is 3.57. The van der Waals surface area contributed by atoms with E-state index in [4.69, 9.17) is 25.8 Å². The Morgan fingerprint density at radius 1 is 1.03 bits per heavy atom. The van der Waals surface area contributed by atoms with Crippen molar-refractivity contribution in [2.45, 2.75) is 19.9 Å². The van der Waals surface area contributed by atoms with E-state index in [1.165, 1.54) is 0 Å². The minimum atomic E-state index is -0.490. The number of nitrogens with one attached hydrogen (secondary N) is 3. The average molecular weight is 530 g/mol. The van der Waals surface area contributed by atoms with E-state index >= 15 is 0 Å². The number of urea groups is 1. The maximum Gasteiger partial charge on any atom is 0.324 e. The highest BCUT2D eigenvalue weighted by Crippen LogP contribution is 2.20. The van der Waals surface area contributed by atoms with Crippen LogP contribution in [0.2, 0.25) is 5.02 Å². The van der Waals surface area contributed by atoms with Gasteiger partial charge in [0.25, 0.3) is 5.91 Å². The molecule has 0 spiro atoms. The van der Waals surface area contributed by atoms with Crippen LogP contribution in [-0.4, -0.2) is 61.6 Å². The molecule has 0 saturated heterocycles. The molecule has 0 atom stereocenters. The van der Waals surface area contributed by atoms with E-state index in [0.717, 1.165) is 11.3 Å². The Labute approximate surface area is 221 Å². The Hall–Kier alpha value is -3.60. The third kappa shape index (κ3) is 9.41. The van der Waals surface area contributed by atoms with Gasteiger partial charge in [0.2, 0.25) is 5.82 Å². The van der Waals surface area contributed by atoms with Gasteiger partial charge in [0.05, 0.1) is 19.8 Å². The maximum atomic E-state index is 12.9. The lowest BCUT2D eigenvalue weighted by atomic mass is 10.2. The number of hydrogen-bond acceptors (Lipinski definition) is 6. The number of carbonyl (C=O) groups excluding carboxylic acids is 2. The van der Waals surface area contributed by atoms with Gasteiger partial charge in [-0.3, -0.25) is 10.1 Å². The zero-order chi connectivity index (χ0) is 26.5. The van der Waals surface area contributed by atoms with Crippen molar-refractivity contribution in [3.63, 3.8) is 0 Å². The molecule has 0 fully saturated rings. The molecule has 1 heterocycles. The lowest BCUT2D eigenvalue weighted by Gasteiger charge is -2.10. The smallest absolute Gasteiger partial charge is 0.324 e. The molecule has 3 rings (SSSR count). The summed E-state index contributed by atoms with van der Waals surface area (Å²) in [5.74, 6) is 0.753. The highest BCUT2D eigenvalue weighted by Gasteiger charge is 2.17. The molecular weight excluding hydrogens is 498 g/mol. The molecule has 198 valence electrons. The Morgan fingerprint density at radius 2 is 1.84 bits per heavy atom. The van der Waals surface area contributed by atoms with Crippen LogP contribution >= 0.6 is 11.6 Å². The van der Waals surface area contributed by atoms with Gasteiger partial charge in [-0.15, -0.1) is 0 Å². The fourth-order valence-electron chi connectivity index (χ4n) is 3.34. The van der Waals surface area contributed by atoms with Crippen molar-refractivity contribution in [3.05, 3.63) is 71.1 Å². The van der Waals surface area contributed by atoms with Crippen LogP contribution in [0.1, 0.15) is 22.6 Å². The summed E-state index contributed by atoms with van der Waals surface area (Å²) in [4.78, 5) is 29.8. The number of para-hydroxylation sites is 1. The van der Waals surface area contributed by atoms with Crippen LogP contribution in [0.15, 0.2) is 54.7 Å². The summed E-state index contributed by atoms with van der Waals surface area (Å²) in [6, 6.07) is 14.0. The van der Waals surface area contributed by atoms with Gasteiger partial charge in [0.15, 0.2) is 5.82 Å². The van der Waals surface area contributed by atoms with Crippen LogP contribution in [-0.2, 0) is 16.0 Å². The number of amides is 3. The van der Waals surface area contributed by atoms with Crippen molar-refractivity contribution < 1.29 is 23.8 Å². The molecule has 2 aromatic carbocycles. The standard InChI is InChI=1S/C26H32ClN5O5/c1-19-17-20(27)9-10-22(19)29-26(34)31-23-18-32(12-14-37-21-7-4-3-5-8-21)24(30-23)25(33)28-11-6-13-36-16-15-35-2/h3-5,7-10,17-18H,6,11-16H2,1-2H3,(H,28,33)(H2,29,31,34). The second-order valence-corrected chi connectivity index (χ2v) is 8.49. The van der Waals surface area contributed by atoms with Crippen molar-refractivity contribution in [1.82, 2.24) is 14.9 Å². The summed E-state index contributed by atoms with van der Waals surface area (Å²) in [7, 11) is 1.61. The third-order valence-electron chi connectivity index (χ3n) is 5.18. The molecular formula is C26H32ClN5O5. The van der Waals surface area contributed by atoms with E-state index in [-0.39, 0.29) is 17.5 Å². The number of ether oxygens (including phenoxy) is 3. The number of carbonyl (C=O) groups is 2. The van der Waals surface area contributed by atoms with Crippen molar-refractivity contribution >= 4 is 35.0 Å². The highest BCUT2D eigenvalue weighted by atomic mass is 35.5. The number of aryl methyl sites for hydroxylation is 1. The Kier molecular flexibility index (Phi) is 11.2. The molecule has 10 nitrogen and oxygen atoms in total. The number of rotatable bonds is 14. The normalized spacial score (nSPS) is 10.7. The van der Waals surface area contributed by atoms with Crippen LogP contribution < -0.4 is 20.7 Å². The van der Waals surface area contributed by atoms with E-state index in [1.54, 1.807) is 36.1 Å². The number of benzene rings is 2. The lowest BCUT2D eigenvalue weighted by molar-refractivity contribution is 0.0687. The van der Waals surface area contributed by atoms with E-state index in [0.29, 0.717) is 56.6 Å². The van der Waals surface area contributed by atoms with Gasteiger partial charge in [-0.05, 0) is 49.2 Å². The number of halogens is 1. The van der Waals surface area contributed by atoms with E-state index < -0.39 is 6.03 Å². The molecule has 0 aliphatic carbocycles. The topological polar surface area (TPSA) is 116 Å². The largest absolute Gasteiger partial charge is 0.492 e. The number of imidazole rings is 1. The molecule has 0 radical (unpaired) electrons. The Bertz CT molecular complexity index is 1160. The first-order valence-corrected chi connectivity index (χ1v) is 12.3. The van der Waals surface area contributed by atoms with Crippen molar-refractivity contribution in [2.75, 3.05) is 50.7 Å². The lowest BCUT2D eigenvalue weighted by Crippen LogP contribution is -2.29. The summed E-state index contributed by atoms with van der Waals surface area (Å²) >= 11 is 5.99. The van der Waals surface area contributed by atoms with Gasteiger partial charge in [0, 0.05) is 37.2 Å². The number of methoxy groups -OCH3 is 1. The first-order valence-electron chi connectivity index (χ1n) is 11.9. The van der Waals surface area contributed by atoms with Crippen molar-refractivity contribution in [2.24, 2.45) is 0 Å². The summed E-state index contributed by atoms with van der Waals surface area (Å²) < 4.78 is 17.8. The van der Waals surface area contributed by atoms with Gasteiger partial charge >= 0.3 is 6.03 Å². The van der Waals surface area contributed by atoms with Crippen molar-refractivity contribution in [3.8, 4) is 5.75 Å². The van der Waals surface area contributed by atoms with Crippen LogP contribution in [0, 0.1) is 6.92 Å². The van der Waals surface area contributed by atoms with Crippen LogP contribution in [0.3, 0.4) is 0 Å². The Balaban J connectivity index is 1.62. The molecule has 11 heteroatoms. The number of anilines is 2. The molecule has 37 heavy (non-hydrogen) atoms. The predicted molar refractivity (Wildman–Crippen MR) is 143 cm³/mol. The highest BCUT2D eigenvalue weighted by molar-refractivity contribution is 6.30. The predicted octanol–water partition coefficient (Wildman–Crippen LogP) is 4.35. The second kappa shape index (κ2) is 14.8. The molecule has 3 aromatic rings. The van der Waals surface area contributed by atoms with Crippen LogP contribution in [0.25, 0.3) is 0 Å². The minimum Gasteiger partial charge on any atom is -0.492 e. The van der Waals surface area contributed by atoms with E-state index in [9.17, 15) is 9.59 Å². The fraction of sp³-hybridized carbons (Fsp3) is 0.346. The van der Waals surface area contributed by atoms with Gasteiger partial charge < -0.3 is 29.4 Å². The molecule has 3 N–H and O–H groups in total. The zero-order valence-corrected chi connectivity index (χ0v) is 21.7. The molecule has 1 aromatic heterocycles. The monoisotopic (exact) mass is 529 g/mol. The molecule has 0 unspecified atom stereocenters. The third-order valence-corrected chi connectivity index (χ3v) is 5.42. The SMILES string of the molecule is COCCOCCCNC(=O)c1nc(NC(=O)Nc2ccc(Cl)cc2C)cn1CCOc1ccccc1. The van der Waals surface area contributed by atoms with Gasteiger partial charge in [-0.25, -0.2) is 9.78 Å². The summed E-state index contributed by atoms with van der Waals surface area (Å²) in [5.41, 5.74) is 1.43. The van der Waals surface area contributed by atoms with Gasteiger partial charge in [-0.2, -0.15) is 0 Å². The minimum absolute atomic E-state index is 0.162. The first kappa shape index (κ1) is 28.0. The summed E-state index contributed by atoms with van der Waals surface area (Å²) in [5, 5.41) is 8.87. The van der Waals surface area contributed by atoms with E-state index in [1.807, 2.05) is 37.3 Å². The van der Waals surface area contributed by atoms with Crippen LogP contribution in [0.5, 0.6) is 5.75 Å².